The SMILES string of the molecule is Cc1ccccc1-c1noc([C@@H](N)CC(C)C)n1. The number of benzene rings is 1. The first-order valence-corrected chi connectivity index (χ1v) is 6.23. The van der Waals surface area contributed by atoms with E-state index in [4.69, 9.17) is 10.3 Å². The molecule has 0 aliphatic rings. The second-order valence-electron chi connectivity index (χ2n) is 5.01. The predicted octanol–water partition coefficient (Wildman–Crippen LogP) is 3.09. The number of hydrogen-bond acceptors (Lipinski definition) is 4. The summed E-state index contributed by atoms with van der Waals surface area (Å²) >= 11 is 0. The molecule has 0 saturated carbocycles. The average molecular weight is 245 g/mol. The van der Waals surface area contributed by atoms with Gasteiger partial charge < -0.3 is 10.3 Å². The molecule has 0 amide bonds. The van der Waals surface area contributed by atoms with Gasteiger partial charge in [-0.3, -0.25) is 0 Å². The molecule has 0 bridgehead atoms. The van der Waals surface area contributed by atoms with E-state index in [1.54, 1.807) is 0 Å². The van der Waals surface area contributed by atoms with Crippen molar-refractivity contribution in [3.63, 3.8) is 0 Å². The van der Waals surface area contributed by atoms with Crippen molar-refractivity contribution in [2.24, 2.45) is 11.7 Å². The van der Waals surface area contributed by atoms with Crippen molar-refractivity contribution < 1.29 is 4.52 Å². The molecule has 2 N–H and O–H groups in total. The molecule has 1 heterocycles. The Labute approximate surface area is 107 Å². The Morgan fingerprint density at radius 2 is 2.00 bits per heavy atom. The van der Waals surface area contributed by atoms with Crippen LogP contribution in [0, 0.1) is 12.8 Å². The maximum atomic E-state index is 6.03. The molecule has 0 radical (unpaired) electrons. The minimum atomic E-state index is -0.185. The van der Waals surface area contributed by atoms with Gasteiger partial charge >= 0.3 is 0 Å². The first-order valence-electron chi connectivity index (χ1n) is 6.23. The number of rotatable bonds is 4. The number of nitrogens with two attached hydrogens (primary N) is 1. The van der Waals surface area contributed by atoms with Crippen LogP contribution >= 0.6 is 0 Å². The second-order valence-corrected chi connectivity index (χ2v) is 5.01. The van der Waals surface area contributed by atoms with Crippen LogP contribution in [0.1, 0.15) is 37.8 Å². The van der Waals surface area contributed by atoms with Gasteiger partial charge in [-0.1, -0.05) is 43.3 Å². The van der Waals surface area contributed by atoms with E-state index in [0.717, 1.165) is 17.5 Å². The summed E-state index contributed by atoms with van der Waals surface area (Å²) in [6.07, 6.45) is 0.843. The topological polar surface area (TPSA) is 64.9 Å². The van der Waals surface area contributed by atoms with Gasteiger partial charge in [0.15, 0.2) is 0 Å². The minimum Gasteiger partial charge on any atom is -0.337 e. The van der Waals surface area contributed by atoms with Crippen molar-refractivity contribution in [3.8, 4) is 11.4 Å². The van der Waals surface area contributed by atoms with Gasteiger partial charge in [0.25, 0.3) is 0 Å². The second kappa shape index (κ2) is 5.31. The summed E-state index contributed by atoms with van der Waals surface area (Å²) in [5, 5.41) is 4.01. The molecule has 0 aliphatic carbocycles. The first-order chi connectivity index (χ1) is 8.58. The molecule has 1 aromatic heterocycles. The van der Waals surface area contributed by atoms with Gasteiger partial charge in [-0.2, -0.15) is 4.98 Å². The molecular formula is C14H19N3O. The van der Waals surface area contributed by atoms with E-state index in [2.05, 4.69) is 24.0 Å². The van der Waals surface area contributed by atoms with Crippen LogP contribution in [0.5, 0.6) is 0 Å². The summed E-state index contributed by atoms with van der Waals surface area (Å²) < 4.78 is 5.25. The number of hydrogen-bond donors (Lipinski definition) is 1. The molecule has 1 atom stereocenters. The molecule has 0 fully saturated rings. The molecule has 2 rings (SSSR count). The zero-order valence-electron chi connectivity index (χ0n) is 11.1. The zero-order valence-corrected chi connectivity index (χ0v) is 11.1. The average Bonchev–Trinajstić information content (AvgIpc) is 2.78. The van der Waals surface area contributed by atoms with E-state index < -0.39 is 0 Å². The standard InChI is InChI=1S/C14H19N3O/c1-9(2)8-12(15)14-16-13(17-18-14)11-7-5-4-6-10(11)3/h4-7,9,12H,8,15H2,1-3H3/t12-/m0/s1. The minimum absolute atomic E-state index is 0.185. The van der Waals surface area contributed by atoms with Crippen LogP contribution in [0.3, 0.4) is 0 Å². The van der Waals surface area contributed by atoms with E-state index in [9.17, 15) is 0 Å². The zero-order chi connectivity index (χ0) is 13.1. The summed E-state index contributed by atoms with van der Waals surface area (Å²) in [7, 11) is 0. The van der Waals surface area contributed by atoms with Crippen molar-refractivity contribution in [3.05, 3.63) is 35.7 Å². The molecule has 0 aliphatic heterocycles. The fourth-order valence-electron chi connectivity index (χ4n) is 1.93. The molecular weight excluding hydrogens is 226 g/mol. The van der Waals surface area contributed by atoms with Crippen LogP contribution in [-0.2, 0) is 0 Å². The summed E-state index contributed by atoms with van der Waals surface area (Å²) in [4.78, 5) is 4.39. The fraction of sp³-hybridized carbons (Fsp3) is 0.429. The van der Waals surface area contributed by atoms with Crippen LogP contribution in [0.15, 0.2) is 28.8 Å². The lowest BCUT2D eigenvalue weighted by Gasteiger charge is -2.08. The lowest BCUT2D eigenvalue weighted by Crippen LogP contribution is -2.13. The highest BCUT2D eigenvalue weighted by molar-refractivity contribution is 5.58. The van der Waals surface area contributed by atoms with Gasteiger partial charge in [0, 0.05) is 5.56 Å². The normalized spacial score (nSPS) is 12.9. The molecule has 4 heteroatoms. The quantitative estimate of drug-likeness (QED) is 0.899. The third-order valence-electron chi connectivity index (χ3n) is 2.87. The summed E-state index contributed by atoms with van der Waals surface area (Å²) in [6.45, 7) is 6.27. The molecule has 0 spiro atoms. The highest BCUT2D eigenvalue weighted by Gasteiger charge is 2.17. The van der Waals surface area contributed by atoms with Crippen LogP contribution in [0.4, 0.5) is 0 Å². The van der Waals surface area contributed by atoms with Crippen molar-refractivity contribution in [2.45, 2.75) is 33.2 Å². The third kappa shape index (κ3) is 2.76. The number of nitrogens with zero attached hydrogens (tertiary/aromatic N) is 2. The first kappa shape index (κ1) is 12.8. The molecule has 2 aromatic rings. The largest absolute Gasteiger partial charge is 0.337 e. The number of aromatic nitrogens is 2. The van der Waals surface area contributed by atoms with Crippen LogP contribution in [0.2, 0.25) is 0 Å². The van der Waals surface area contributed by atoms with Crippen molar-refractivity contribution >= 4 is 0 Å². The van der Waals surface area contributed by atoms with Gasteiger partial charge in [-0.05, 0) is 24.8 Å². The van der Waals surface area contributed by atoms with E-state index in [-0.39, 0.29) is 6.04 Å². The van der Waals surface area contributed by atoms with Gasteiger partial charge in [-0.15, -0.1) is 0 Å². The van der Waals surface area contributed by atoms with Crippen molar-refractivity contribution in [1.29, 1.82) is 0 Å². The molecule has 0 unspecified atom stereocenters. The molecule has 4 nitrogen and oxygen atoms in total. The van der Waals surface area contributed by atoms with E-state index in [1.165, 1.54) is 0 Å². The van der Waals surface area contributed by atoms with E-state index >= 15 is 0 Å². The summed E-state index contributed by atoms with van der Waals surface area (Å²) in [5.74, 6) is 1.64. The van der Waals surface area contributed by atoms with Gasteiger partial charge in [0.05, 0.1) is 6.04 Å². The Kier molecular flexibility index (Phi) is 3.77. The monoisotopic (exact) mass is 245 g/mol. The Hall–Kier alpha value is -1.68. The lowest BCUT2D eigenvalue weighted by atomic mass is 10.0. The number of aryl methyl sites for hydroxylation is 1. The highest BCUT2D eigenvalue weighted by Crippen LogP contribution is 2.23. The molecule has 0 saturated heterocycles. The Morgan fingerprint density at radius 1 is 1.28 bits per heavy atom. The van der Waals surface area contributed by atoms with Crippen molar-refractivity contribution in [1.82, 2.24) is 10.1 Å². The van der Waals surface area contributed by atoms with Crippen LogP contribution in [-0.4, -0.2) is 10.1 Å². The summed E-state index contributed by atoms with van der Waals surface area (Å²) in [5.41, 5.74) is 8.15. The van der Waals surface area contributed by atoms with E-state index in [0.29, 0.717) is 17.6 Å². The van der Waals surface area contributed by atoms with Gasteiger partial charge in [0.2, 0.25) is 11.7 Å². The lowest BCUT2D eigenvalue weighted by molar-refractivity contribution is 0.335. The Bertz CT molecular complexity index is 519. The molecule has 18 heavy (non-hydrogen) atoms. The van der Waals surface area contributed by atoms with Crippen LogP contribution < -0.4 is 5.73 Å². The maximum absolute atomic E-state index is 6.03. The molecule has 96 valence electrons. The third-order valence-corrected chi connectivity index (χ3v) is 2.87. The maximum Gasteiger partial charge on any atom is 0.243 e. The Balaban J connectivity index is 2.23. The highest BCUT2D eigenvalue weighted by atomic mass is 16.5. The Morgan fingerprint density at radius 3 is 2.67 bits per heavy atom. The van der Waals surface area contributed by atoms with Gasteiger partial charge in [0.1, 0.15) is 0 Å². The predicted molar refractivity (Wildman–Crippen MR) is 70.9 cm³/mol. The fourth-order valence-corrected chi connectivity index (χ4v) is 1.93. The summed E-state index contributed by atoms with van der Waals surface area (Å²) in [6, 6.07) is 7.78. The van der Waals surface area contributed by atoms with Gasteiger partial charge in [-0.25, -0.2) is 0 Å². The van der Waals surface area contributed by atoms with Crippen LogP contribution in [0.25, 0.3) is 11.4 Å². The van der Waals surface area contributed by atoms with Crippen molar-refractivity contribution in [2.75, 3.05) is 0 Å². The van der Waals surface area contributed by atoms with E-state index in [1.807, 2.05) is 31.2 Å². The molecule has 1 aromatic carbocycles. The smallest absolute Gasteiger partial charge is 0.243 e.